The lowest BCUT2D eigenvalue weighted by Crippen LogP contribution is -2.43. The normalized spacial score (nSPS) is 15.4. The van der Waals surface area contributed by atoms with Crippen molar-refractivity contribution in [3.8, 4) is 0 Å². The van der Waals surface area contributed by atoms with E-state index in [1.165, 1.54) is 0 Å². The number of hydrogen-bond donors (Lipinski definition) is 2. The summed E-state index contributed by atoms with van der Waals surface area (Å²) in [6, 6.07) is 0.184. The lowest BCUT2D eigenvalue weighted by molar-refractivity contribution is 0.154. The van der Waals surface area contributed by atoms with Crippen LogP contribution in [0.15, 0.2) is 0 Å². The molecule has 0 aromatic heterocycles. The van der Waals surface area contributed by atoms with Crippen molar-refractivity contribution in [3.05, 3.63) is 0 Å². The van der Waals surface area contributed by atoms with Gasteiger partial charge >= 0.3 is 6.09 Å². The first-order valence-corrected chi connectivity index (χ1v) is 6.98. The lowest BCUT2D eigenvalue weighted by Gasteiger charge is -2.26. The molecule has 0 aliphatic heterocycles. The molecule has 17 heavy (non-hydrogen) atoms. The van der Waals surface area contributed by atoms with Gasteiger partial charge in [-0.1, -0.05) is 0 Å². The van der Waals surface area contributed by atoms with Gasteiger partial charge in [-0.3, -0.25) is 0 Å². The number of nitrogens with two attached hydrogens (primary N) is 1. The number of rotatable bonds is 7. The second kappa shape index (κ2) is 7.79. The fraction of sp³-hybridized carbons (Fsp3) is 0.909. The molecule has 0 aliphatic rings. The predicted molar refractivity (Wildman–Crippen MR) is 69.9 cm³/mol. The third kappa shape index (κ3) is 9.26. The highest BCUT2D eigenvalue weighted by Gasteiger charge is 2.27. The highest BCUT2D eigenvalue weighted by atomic mass is 32.2. The second-order valence-corrected chi connectivity index (χ2v) is 7.06. The Morgan fingerprint density at radius 3 is 2.53 bits per heavy atom. The summed E-state index contributed by atoms with van der Waals surface area (Å²) in [6.45, 7) is 8.15. The quantitative estimate of drug-likeness (QED) is 0.541. The van der Waals surface area contributed by atoms with Crippen molar-refractivity contribution in [1.29, 1.82) is 0 Å². The Hall–Kier alpha value is -0.460. The summed E-state index contributed by atoms with van der Waals surface area (Å²) in [5.74, 6) is 0. The van der Waals surface area contributed by atoms with E-state index in [0.29, 0.717) is 6.61 Å². The molecule has 2 atom stereocenters. The van der Waals surface area contributed by atoms with E-state index in [0.717, 1.165) is 19.3 Å². The van der Waals surface area contributed by atoms with E-state index in [2.05, 4.69) is 9.46 Å². The number of amides is 1. The number of nitrogens with one attached hydrogen (secondary N) is 1. The van der Waals surface area contributed by atoms with Crippen LogP contribution in [0.4, 0.5) is 4.79 Å². The molecule has 6 heteroatoms. The number of carbonyl (C=O) groups is 1. The molecule has 0 fully saturated rings. The summed E-state index contributed by atoms with van der Waals surface area (Å²) < 4.78 is 19.2. The van der Waals surface area contributed by atoms with Crippen molar-refractivity contribution in [1.82, 2.24) is 4.72 Å². The summed E-state index contributed by atoms with van der Waals surface area (Å²) in [7, 11) is 0. The molecule has 0 bridgehead atoms. The van der Waals surface area contributed by atoms with Gasteiger partial charge in [0.2, 0.25) is 0 Å². The van der Waals surface area contributed by atoms with Gasteiger partial charge in [-0.05, 0) is 47.0 Å². The lowest BCUT2D eigenvalue weighted by atomic mass is 10.1. The Labute approximate surface area is 107 Å². The maximum atomic E-state index is 11.8. The highest BCUT2D eigenvalue weighted by Crippen LogP contribution is 2.14. The van der Waals surface area contributed by atoms with Gasteiger partial charge in [0.15, 0.2) is 0 Å². The van der Waals surface area contributed by atoms with E-state index in [-0.39, 0.29) is 10.8 Å². The fourth-order valence-electron chi connectivity index (χ4n) is 1.14. The van der Waals surface area contributed by atoms with Gasteiger partial charge in [-0.25, -0.2) is 4.79 Å². The topological polar surface area (TPSA) is 87.4 Å². The monoisotopic (exact) mass is 264 g/mol. The number of carbonyl (C=O) groups excluding carboxylic acids is 1. The van der Waals surface area contributed by atoms with Crippen molar-refractivity contribution < 1.29 is 14.1 Å². The minimum Gasteiger partial charge on any atom is -0.598 e. The maximum Gasteiger partial charge on any atom is 0.404 e. The molecule has 0 spiro atoms. The SMILES string of the molecule is C[C@@H](CCCCOC(N)=O)N[S+]([O-])C(C)(C)C. The number of ether oxygens (including phenoxy) is 1. The molecular weight excluding hydrogens is 240 g/mol. The van der Waals surface area contributed by atoms with Crippen LogP contribution >= 0.6 is 0 Å². The zero-order valence-corrected chi connectivity index (χ0v) is 11.9. The molecule has 0 saturated heterocycles. The molecule has 0 rings (SSSR count). The summed E-state index contributed by atoms with van der Waals surface area (Å²) in [4.78, 5) is 10.3. The van der Waals surface area contributed by atoms with Crippen molar-refractivity contribution in [3.63, 3.8) is 0 Å². The van der Waals surface area contributed by atoms with E-state index < -0.39 is 17.5 Å². The minimum absolute atomic E-state index is 0.184. The van der Waals surface area contributed by atoms with Crippen LogP contribution in [0.5, 0.6) is 0 Å². The molecular formula is C11H24N2O3S. The third-order valence-electron chi connectivity index (χ3n) is 2.14. The smallest absolute Gasteiger partial charge is 0.404 e. The van der Waals surface area contributed by atoms with Crippen molar-refractivity contribution in [2.24, 2.45) is 5.73 Å². The predicted octanol–water partition coefficient (Wildman–Crippen LogP) is 1.69. The standard InChI is InChI=1S/C11H24N2O3S/c1-9(13-17(15)11(2,3)4)7-5-6-8-16-10(12)14/h9,13H,5-8H2,1-4H3,(H2,12,14)/t9-,17?/m0/s1. The molecule has 1 unspecified atom stereocenters. The fourth-order valence-corrected chi connectivity index (χ4v) is 1.98. The largest absolute Gasteiger partial charge is 0.598 e. The highest BCUT2D eigenvalue weighted by molar-refractivity contribution is 7.90. The molecule has 3 N–H and O–H groups in total. The van der Waals surface area contributed by atoms with E-state index in [9.17, 15) is 9.35 Å². The molecule has 0 aromatic rings. The third-order valence-corrected chi connectivity index (χ3v) is 3.87. The van der Waals surface area contributed by atoms with Crippen LogP contribution in [0.2, 0.25) is 0 Å². The van der Waals surface area contributed by atoms with Crippen LogP contribution < -0.4 is 10.5 Å². The molecule has 5 nitrogen and oxygen atoms in total. The Balaban J connectivity index is 3.59. The first kappa shape index (κ1) is 16.5. The minimum atomic E-state index is -1.04. The van der Waals surface area contributed by atoms with Crippen LogP contribution in [-0.4, -0.2) is 28.0 Å². The van der Waals surface area contributed by atoms with Gasteiger partial charge in [0.1, 0.15) is 4.75 Å². The summed E-state index contributed by atoms with van der Waals surface area (Å²) in [5.41, 5.74) is 4.83. The van der Waals surface area contributed by atoms with E-state index in [1.807, 2.05) is 27.7 Å². The number of unbranched alkanes of at least 4 members (excludes halogenated alkanes) is 1. The molecule has 0 saturated carbocycles. The van der Waals surface area contributed by atoms with Crippen molar-refractivity contribution in [2.75, 3.05) is 6.61 Å². The molecule has 102 valence electrons. The Morgan fingerprint density at radius 1 is 1.47 bits per heavy atom. The van der Waals surface area contributed by atoms with E-state index >= 15 is 0 Å². The van der Waals surface area contributed by atoms with Crippen LogP contribution in [0.25, 0.3) is 0 Å². The van der Waals surface area contributed by atoms with Crippen molar-refractivity contribution >= 4 is 17.5 Å². The van der Waals surface area contributed by atoms with E-state index in [4.69, 9.17) is 5.73 Å². The van der Waals surface area contributed by atoms with Crippen LogP contribution in [0.3, 0.4) is 0 Å². The van der Waals surface area contributed by atoms with Crippen LogP contribution in [-0.2, 0) is 16.1 Å². The number of hydrogen-bond acceptors (Lipinski definition) is 4. The zero-order chi connectivity index (χ0) is 13.5. The zero-order valence-electron chi connectivity index (χ0n) is 11.1. The Morgan fingerprint density at radius 2 is 2.06 bits per heavy atom. The average Bonchev–Trinajstić information content (AvgIpc) is 2.15. The van der Waals surface area contributed by atoms with Gasteiger partial charge in [-0.15, -0.1) is 4.72 Å². The van der Waals surface area contributed by atoms with Crippen LogP contribution in [0, 0.1) is 0 Å². The van der Waals surface area contributed by atoms with Crippen molar-refractivity contribution in [2.45, 2.75) is 57.7 Å². The Bertz CT molecular complexity index is 231. The van der Waals surface area contributed by atoms with Gasteiger partial charge in [-0.2, -0.15) is 0 Å². The van der Waals surface area contributed by atoms with Gasteiger partial charge in [0.05, 0.1) is 6.61 Å². The first-order valence-electron chi connectivity index (χ1n) is 5.83. The second-order valence-electron chi connectivity index (χ2n) is 5.06. The van der Waals surface area contributed by atoms with Gasteiger partial charge < -0.3 is 15.0 Å². The molecule has 0 aromatic carbocycles. The van der Waals surface area contributed by atoms with Gasteiger partial charge in [0.25, 0.3) is 0 Å². The molecule has 0 heterocycles. The van der Waals surface area contributed by atoms with Crippen LogP contribution in [0.1, 0.15) is 47.0 Å². The Kier molecular flexibility index (Phi) is 7.58. The van der Waals surface area contributed by atoms with E-state index in [1.54, 1.807) is 0 Å². The summed E-state index contributed by atoms with van der Waals surface area (Å²) >= 11 is -1.04. The molecule has 0 radical (unpaired) electrons. The summed E-state index contributed by atoms with van der Waals surface area (Å²) in [6.07, 6.45) is 1.84. The average molecular weight is 264 g/mol. The molecule has 1 amide bonds. The molecule has 0 aliphatic carbocycles. The summed E-state index contributed by atoms with van der Waals surface area (Å²) in [5, 5.41) is 0. The maximum absolute atomic E-state index is 11.8. The first-order chi connectivity index (χ1) is 7.73. The van der Waals surface area contributed by atoms with Gasteiger partial charge in [0, 0.05) is 17.4 Å². The number of primary amides is 1.